The van der Waals surface area contributed by atoms with Crippen LogP contribution in [0.3, 0.4) is 0 Å². The Morgan fingerprint density at radius 2 is 2.38 bits per heavy atom. The second kappa shape index (κ2) is 2.92. The summed E-state index contributed by atoms with van der Waals surface area (Å²) in [6.45, 7) is 0. The number of nitrogens with one attached hydrogen (secondary N) is 1. The predicted molar refractivity (Wildman–Crippen MR) is 48.5 cm³/mol. The molecule has 4 nitrogen and oxygen atoms in total. The van der Waals surface area contributed by atoms with Crippen LogP contribution in [0.2, 0.25) is 0 Å². The van der Waals surface area contributed by atoms with Crippen molar-refractivity contribution in [3.63, 3.8) is 0 Å². The zero-order chi connectivity index (χ0) is 9.42. The van der Waals surface area contributed by atoms with Crippen molar-refractivity contribution in [3.8, 4) is 0 Å². The number of carbonyl (C=O) groups is 1. The smallest absolute Gasteiger partial charge is 0.337 e. The molecule has 0 saturated heterocycles. The van der Waals surface area contributed by atoms with E-state index < -0.39 is 5.97 Å². The normalized spacial score (nSPS) is 14.2. The van der Waals surface area contributed by atoms with Crippen LogP contribution in [0.15, 0.2) is 15.8 Å². The summed E-state index contributed by atoms with van der Waals surface area (Å²) in [4.78, 5) is 25.1. The monoisotopic (exact) mass is 197 g/mol. The first-order valence-electron chi connectivity index (χ1n) is 3.81. The van der Waals surface area contributed by atoms with Gasteiger partial charge in [0.1, 0.15) is 0 Å². The Kier molecular flexibility index (Phi) is 1.88. The molecular weight excluding hydrogens is 190 g/mol. The molecule has 5 heteroatoms. The first-order valence-corrected chi connectivity index (χ1v) is 4.79. The van der Waals surface area contributed by atoms with E-state index in [2.05, 4.69) is 4.98 Å². The molecule has 1 aliphatic heterocycles. The summed E-state index contributed by atoms with van der Waals surface area (Å²) in [5, 5.41) is 8.81. The Balaban J connectivity index is 2.69. The van der Waals surface area contributed by atoms with Gasteiger partial charge in [-0.2, -0.15) is 0 Å². The molecule has 1 aliphatic rings. The fourth-order valence-corrected chi connectivity index (χ4v) is 2.50. The van der Waals surface area contributed by atoms with Crippen molar-refractivity contribution in [1.82, 2.24) is 4.98 Å². The van der Waals surface area contributed by atoms with Crippen molar-refractivity contribution in [2.45, 2.75) is 11.3 Å². The summed E-state index contributed by atoms with van der Waals surface area (Å²) in [6.07, 6.45) is 0.746. The lowest BCUT2D eigenvalue weighted by Crippen LogP contribution is -2.12. The van der Waals surface area contributed by atoms with E-state index in [1.54, 1.807) is 0 Å². The number of H-pyrrole nitrogens is 1. The summed E-state index contributed by atoms with van der Waals surface area (Å²) in [7, 11) is 0. The lowest BCUT2D eigenvalue weighted by atomic mass is 10.2. The second-order valence-corrected chi connectivity index (χ2v) is 3.86. The fraction of sp³-hybridized carbons (Fsp3) is 0.250. The Morgan fingerprint density at radius 3 is 3.08 bits per heavy atom. The van der Waals surface area contributed by atoms with Crippen molar-refractivity contribution in [3.05, 3.63) is 27.7 Å². The molecule has 2 N–H and O–H groups in total. The van der Waals surface area contributed by atoms with E-state index >= 15 is 0 Å². The summed E-state index contributed by atoms with van der Waals surface area (Å²) in [6, 6.07) is 1.14. The van der Waals surface area contributed by atoms with Crippen LogP contribution in [0.5, 0.6) is 0 Å². The van der Waals surface area contributed by atoms with Crippen LogP contribution in [0.25, 0.3) is 0 Å². The van der Waals surface area contributed by atoms with Gasteiger partial charge in [-0.05, 0) is 6.42 Å². The molecule has 1 aromatic heterocycles. The number of rotatable bonds is 1. The number of aromatic nitrogens is 1. The van der Waals surface area contributed by atoms with Gasteiger partial charge in [-0.3, -0.25) is 4.79 Å². The quantitative estimate of drug-likeness (QED) is 0.696. The highest BCUT2D eigenvalue weighted by Crippen LogP contribution is 2.31. The van der Waals surface area contributed by atoms with Crippen molar-refractivity contribution in [2.24, 2.45) is 0 Å². The lowest BCUT2D eigenvalue weighted by Gasteiger charge is -2.01. The van der Waals surface area contributed by atoms with Gasteiger partial charge < -0.3 is 10.1 Å². The highest BCUT2D eigenvalue weighted by Gasteiger charge is 2.20. The standard InChI is InChI=1S/C8H7NO3S/c10-6-3-4(8(11)12)7-5(9-6)1-2-13-7/h3H,1-2H2,(H,9,10)(H,11,12). The van der Waals surface area contributed by atoms with E-state index in [0.29, 0.717) is 4.90 Å². The van der Waals surface area contributed by atoms with E-state index in [9.17, 15) is 9.59 Å². The second-order valence-electron chi connectivity index (χ2n) is 2.76. The molecule has 0 amide bonds. The van der Waals surface area contributed by atoms with E-state index in [0.717, 1.165) is 23.9 Å². The molecule has 68 valence electrons. The molecule has 1 aromatic rings. The zero-order valence-corrected chi connectivity index (χ0v) is 7.48. The third kappa shape index (κ3) is 1.35. The van der Waals surface area contributed by atoms with E-state index in [4.69, 9.17) is 5.11 Å². The van der Waals surface area contributed by atoms with Crippen LogP contribution in [-0.4, -0.2) is 21.8 Å². The highest BCUT2D eigenvalue weighted by atomic mass is 32.2. The van der Waals surface area contributed by atoms with Gasteiger partial charge in [0.25, 0.3) is 0 Å². The van der Waals surface area contributed by atoms with Crippen LogP contribution in [0.1, 0.15) is 16.1 Å². The fourth-order valence-electron chi connectivity index (χ4n) is 1.36. The minimum absolute atomic E-state index is 0.126. The maximum absolute atomic E-state index is 11.0. The summed E-state index contributed by atoms with van der Waals surface area (Å²) in [5.41, 5.74) is 0.551. The third-order valence-electron chi connectivity index (χ3n) is 1.90. The summed E-state index contributed by atoms with van der Waals surface area (Å²) in [5.74, 6) is -0.188. The topological polar surface area (TPSA) is 70.2 Å². The minimum atomic E-state index is -1.03. The predicted octanol–water partition coefficient (Wildman–Crippen LogP) is 0.721. The Morgan fingerprint density at radius 1 is 1.62 bits per heavy atom. The molecule has 0 saturated carbocycles. The first kappa shape index (κ1) is 8.37. The number of carboxylic acid groups (broad SMARTS) is 1. The molecule has 0 radical (unpaired) electrons. The molecule has 2 heterocycles. The Labute approximate surface area is 78.0 Å². The van der Waals surface area contributed by atoms with Gasteiger partial charge >= 0.3 is 5.97 Å². The summed E-state index contributed by atoms with van der Waals surface area (Å²) < 4.78 is 0. The highest BCUT2D eigenvalue weighted by molar-refractivity contribution is 7.99. The first-order chi connectivity index (χ1) is 6.18. The van der Waals surface area contributed by atoms with Crippen LogP contribution in [-0.2, 0) is 6.42 Å². The van der Waals surface area contributed by atoms with Crippen LogP contribution >= 0.6 is 11.8 Å². The molecule has 13 heavy (non-hydrogen) atoms. The minimum Gasteiger partial charge on any atom is -0.478 e. The number of hydrogen-bond acceptors (Lipinski definition) is 3. The van der Waals surface area contributed by atoms with Crippen LogP contribution in [0.4, 0.5) is 0 Å². The number of aromatic carboxylic acids is 1. The van der Waals surface area contributed by atoms with Crippen molar-refractivity contribution in [1.29, 1.82) is 0 Å². The number of hydrogen-bond donors (Lipinski definition) is 2. The van der Waals surface area contributed by atoms with Gasteiger partial charge in [0.15, 0.2) is 0 Å². The van der Waals surface area contributed by atoms with Crippen LogP contribution < -0.4 is 5.56 Å². The van der Waals surface area contributed by atoms with Gasteiger partial charge in [-0.1, -0.05) is 0 Å². The molecule has 0 atom stereocenters. The Bertz CT molecular complexity index is 424. The van der Waals surface area contributed by atoms with Gasteiger partial charge in [0.05, 0.1) is 5.56 Å². The molecule has 0 spiro atoms. The molecular formula is C8H7NO3S. The van der Waals surface area contributed by atoms with E-state index in [-0.39, 0.29) is 11.1 Å². The number of fused-ring (bicyclic) bond motifs is 1. The number of carboxylic acids is 1. The molecule has 0 aliphatic carbocycles. The number of thioether (sulfide) groups is 1. The Hall–Kier alpha value is -1.23. The number of pyridine rings is 1. The summed E-state index contributed by atoms with van der Waals surface area (Å²) >= 11 is 1.48. The largest absolute Gasteiger partial charge is 0.478 e. The van der Waals surface area contributed by atoms with E-state index in [1.807, 2.05) is 0 Å². The number of aromatic amines is 1. The molecule has 2 rings (SSSR count). The average molecular weight is 197 g/mol. The van der Waals surface area contributed by atoms with Crippen molar-refractivity contribution in [2.75, 3.05) is 5.75 Å². The van der Waals surface area contributed by atoms with Gasteiger partial charge in [-0.15, -0.1) is 11.8 Å². The third-order valence-corrected chi connectivity index (χ3v) is 3.06. The average Bonchev–Trinajstić information content (AvgIpc) is 2.49. The van der Waals surface area contributed by atoms with Gasteiger partial charge in [-0.25, -0.2) is 4.79 Å². The van der Waals surface area contributed by atoms with Crippen molar-refractivity contribution >= 4 is 17.7 Å². The molecule has 0 unspecified atom stereocenters. The molecule has 0 aromatic carbocycles. The SMILES string of the molecule is O=C(O)c1cc(=O)[nH]c2c1SCC2. The lowest BCUT2D eigenvalue weighted by molar-refractivity contribution is 0.0692. The zero-order valence-electron chi connectivity index (χ0n) is 6.66. The maximum Gasteiger partial charge on any atom is 0.337 e. The molecule has 0 bridgehead atoms. The number of aryl methyl sites for hydroxylation is 1. The van der Waals surface area contributed by atoms with Crippen molar-refractivity contribution < 1.29 is 9.90 Å². The van der Waals surface area contributed by atoms with Crippen LogP contribution in [0, 0.1) is 0 Å². The maximum atomic E-state index is 11.0. The van der Waals surface area contributed by atoms with E-state index in [1.165, 1.54) is 11.8 Å². The molecule has 0 fully saturated rings. The van der Waals surface area contributed by atoms with Gasteiger partial charge in [0.2, 0.25) is 5.56 Å². The van der Waals surface area contributed by atoms with Gasteiger partial charge in [0, 0.05) is 22.4 Å².